The van der Waals surface area contributed by atoms with E-state index >= 15 is 0 Å². The van der Waals surface area contributed by atoms with Crippen LogP contribution in [0.3, 0.4) is 0 Å². The van der Waals surface area contributed by atoms with E-state index in [2.05, 4.69) is 27.7 Å². The fraction of sp³-hybridized carbons (Fsp3) is 0.636. The Bertz CT molecular complexity index is 931. The van der Waals surface area contributed by atoms with Gasteiger partial charge in [0, 0.05) is 5.56 Å². The summed E-state index contributed by atoms with van der Waals surface area (Å²) in [6.07, 6.45) is 5.91. The molecule has 3 rings (SSSR count). The lowest BCUT2D eigenvalue weighted by atomic mass is 9.50. The molecule has 3 N–H and O–H groups in total. The molecule has 0 spiro atoms. The highest BCUT2D eigenvalue weighted by Crippen LogP contribution is 2.60. The van der Waals surface area contributed by atoms with Gasteiger partial charge < -0.3 is 14.4 Å². The van der Waals surface area contributed by atoms with Gasteiger partial charge >= 0.3 is 10.4 Å². The molecular formula is C22H32O6S. The first-order chi connectivity index (χ1) is 13.4. The van der Waals surface area contributed by atoms with Crippen LogP contribution in [0.5, 0.6) is 11.5 Å². The molecule has 2 atom stereocenters. The molecule has 0 heterocycles. The standard InChI is InChI=1S/C22H32O6S/c1-14-6-7-19-21(2,3)8-5-9-22(19,4)17(14)12-16-10-15(13-23)11-18(24)20(16)28-29(25,26)27/h10-11,19,23-24H,5-9,12-13H2,1-4H3,(H,25,26,27)/t19-,22+/m0/s1. The van der Waals surface area contributed by atoms with E-state index in [4.69, 9.17) is 4.18 Å². The second-order valence-corrected chi connectivity index (χ2v) is 10.6. The Labute approximate surface area is 173 Å². The van der Waals surface area contributed by atoms with Crippen molar-refractivity contribution in [3.8, 4) is 11.5 Å². The predicted molar refractivity (Wildman–Crippen MR) is 111 cm³/mol. The number of phenolic OH excluding ortho intramolecular Hbond substituents is 1. The molecular weight excluding hydrogens is 392 g/mol. The predicted octanol–water partition coefficient (Wildman–Crippen LogP) is 4.55. The van der Waals surface area contributed by atoms with E-state index in [-0.39, 0.29) is 23.2 Å². The lowest BCUT2D eigenvalue weighted by molar-refractivity contribution is 0.0112. The van der Waals surface area contributed by atoms with Gasteiger partial charge in [0.05, 0.1) is 6.61 Å². The molecule has 29 heavy (non-hydrogen) atoms. The zero-order valence-corrected chi connectivity index (χ0v) is 18.5. The first kappa shape index (κ1) is 22.1. The van der Waals surface area contributed by atoms with Crippen LogP contribution in [0.1, 0.15) is 70.9 Å². The number of phenols is 1. The van der Waals surface area contributed by atoms with Crippen LogP contribution in [-0.2, 0) is 23.4 Å². The highest BCUT2D eigenvalue weighted by Gasteiger charge is 2.50. The first-order valence-corrected chi connectivity index (χ1v) is 11.6. The fourth-order valence-corrected chi connectivity index (χ4v) is 6.30. The fourth-order valence-electron chi connectivity index (χ4n) is 5.90. The van der Waals surface area contributed by atoms with Crippen molar-refractivity contribution in [1.82, 2.24) is 0 Å². The summed E-state index contributed by atoms with van der Waals surface area (Å²) in [6.45, 7) is 8.79. The van der Waals surface area contributed by atoms with Gasteiger partial charge in [0.2, 0.25) is 0 Å². The van der Waals surface area contributed by atoms with Gasteiger partial charge in [0.1, 0.15) is 0 Å². The molecule has 2 aliphatic rings. The molecule has 2 aliphatic carbocycles. The van der Waals surface area contributed by atoms with Crippen LogP contribution in [0.15, 0.2) is 23.3 Å². The summed E-state index contributed by atoms with van der Waals surface area (Å²) < 4.78 is 36.6. The summed E-state index contributed by atoms with van der Waals surface area (Å²) >= 11 is 0. The van der Waals surface area contributed by atoms with E-state index in [1.54, 1.807) is 6.07 Å². The Morgan fingerprint density at radius 3 is 2.52 bits per heavy atom. The van der Waals surface area contributed by atoms with Gasteiger partial charge in [-0.05, 0) is 73.5 Å². The Morgan fingerprint density at radius 2 is 1.90 bits per heavy atom. The zero-order chi connectivity index (χ0) is 21.6. The summed E-state index contributed by atoms with van der Waals surface area (Å²) in [5, 5.41) is 19.9. The van der Waals surface area contributed by atoms with Crippen LogP contribution in [0.25, 0.3) is 0 Å². The molecule has 0 aliphatic heterocycles. The number of allylic oxidation sites excluding steroid dienone is 2. The smallest absolute Gasteiger partial charge is 0.446 e. The Hall–Kier alpha value is -1.57. The van der Waals surface area contributed by atoms with Crippen molar-refractivity contribution in [2.75, 3.05) is 0 Å². The van der Waals surface area contributed by atoms with Crippen LogP contribution in [0.4, 0.5) is 0 Å². The molecule has 1 aromatic carbocycles. The number of aliphatic hydroxyl groups is 1. The molecule has 1 aromatic rings. The van der Waals surface area contributed by atoms with E-state index < -0.39 is 16.1 Å². The molecule has 0 saturated heterocycles. The third-order valence-electron chi connectivity index (χ3n) is 7.19. The molecule has 162 valence electrons. The van der Waals surface area contributed by atoms with Crippen LogP contribution in [-0.4, -0.2) is 23.2 Å². The van der Waals surface area contributed by atoms with Crippen molar-refractivity contribution < 1.29 is 27.4 Å². The minimum absolute atomic E-state index is 0.0235. The van der Waals surface area contributed by atoms with Crippen molar-refractivity contribution in [3.63, 3.8) is 0 Å². The molecule has 0 bridgehead atoms. The summed E-state index contributed by atoms with van der Waals surface area (Å²) in [7, 11) is -4.79. The minimum Gasteiger partial charge on any atom is -0.504 e. The van der Waals surface area contributed by atoms with Gasteiger partial charge in [-0.2, -0.15) is 8.42 Å². The van der Waals surface area contributed by atoms with Crippen molar-refractivity contribution >= 4 is 10.4 Å². The third kappa shape index (κ3) is 4.32. The number of rotatable bonds is 5. The quantitative estimate of drug-likeness (QED) is 0.473. The lowest BCUT2D eigenvalue weighted by Crippen LogP contribution is -2.45. The van der Waals surface area contributed by atoms with Gasteiger partial charge in [-0.25, -0.2) is 0 Å². The molecule has 7 heteroatoms. The van der Waals surface area contributed by atoms with Gasteiger partial charge in [0.25, 0.3) is 0 Å². The monoisotopic (exact) mass is 424 g/mol. The maximum absolute atomic E-state index is 11.4. The van der Waals surface area contributed by atoms with Crippen LogP contribution in [0.2, 0.25) is 0 Å². The Morgan fingerprint density at radius 1 is 1.21 bits per heavy atom. The summed E-state index contributed by atoms with van der Waals surface area (Å²) in [5.74, 6) is -0.169. The summed E-state index contributed by atoms with van der Waals surface area (Å²) in [5.41, 5.74) is 3.64. The third-order valence-corrected chi connectivity index (χ3v) is 7.56. The maximum atomic E-state index is 11.4. The number of fused-ring (bicyclic) bond motifs is 1. The number of benzene rings is 1. The maximum Gasteiger partial charge on any atom is 0.446 e. The molecule has 1 saturated carbocycles. The zero-order valence-electron chi connectivity index (χ0n) is 17.7. The average Bonchev–Trinajstić information content (AvgIpc) is 2.58. The largest absolute Gasteiger partial charge is 0.504 e. The lowest BCUT2D eigenvalue weighted by Gasteiger charge is -2.55. The minimum atomic E-state index is -4.79. The van der Waals surface area contributed by atoms with Crippen molar-refractivity contribution in [2.24, 2.45) is 16.7 Å². The molecule has 0 unspecified atom stereocenters. The SMILES string of the molecule is CC1=C(Cc2cc(CO)cc(O)c2OS(=O)(=O)O)[C@@]2(C)CCCC(C)(C)[C@@H]2CC1. The van der Waals surface area contributed by atoms with Crippen LogP contribution >= 0.6 is 0 Å². The molecule has 6 nitrogen and oxygen atoms in total. The second-order valence-electron chi connectivity index (χ2n) is 9.56. The highest BCUT2D eigenvalue weighted by atomic mass is 32.3. The van der Waals surface area contributed by atoms with E-state index in [1.807, 2.05) is 0 Å². The van der Waals surface area contributed by atoms with E-state index in [0.717, 1.165) is 25.7 Å². The van der Waals surface area contributed by atoms with E-state index in [9.17, 15) is 23.2 Å². The van der Waals surface area contributed by atoms with Gasteiger partial charge in [-0.3, -0.25) is 4.55 Å². The number of hydrogen-bond acceptors (Lipinski definition) is 5. The van der Waals surface area contributed by atoms with Crippen molar-refractivity contribution in [3.05, 3.63) is 34.4 Å². The normalized spacial score (nSPS) is 26.9. The van der Waals surface area contributed by atoms with Crippen LogP contribution < -0.4 is 4.18 Å². The molecule has 0 radical (unpaired) electrons. The molecule has 0 aromatic heterocycles. The van der Waals surface area contributed by atoms with Crippen molar-refractivity contribution in [2.45, 2.75) is 72.8 Å². The Balaban J connectivity index is 2.09. The second kappa shape index (κ2) is 7.60. The van der Waals surface area contributed by atoms with Crippen molar-refractivity contribution in [1.29, 1.82) is 0 Å². The van der Waals surface area contributed by atoms with Gasteiger partial charge in [-0.1, -0.05) is 38.3 Å². The number of hydrogen-bond donors (Lipinski definition) is 3. The number of aliphatic hydroxyl groups excluding tert-OH is 1. The summed E-state index contributed by atoms with van der Waals surface area (Å²) in [4.78, 5) is 0. The number of aromatic hydroxyl groups is 1. The molecule has 1 fully saturated rings. The summed E-state index contributed by atoms with van der Waals surface area (Å²) in [6, 6.07) is 2.89. The van der Waals surface area contributed by atoms with Crippen LogP contribution in [0, 0.1) is 16.7 Å². The topological polar surface area (TPSA) is 104 Å². The van der Waals surface area contributed by atoms with Gasteiger partial charge in [-0.15, -0.1) is 0 Å². The van der Waals surface area contributed by atoms with E-state index in [1.165, 1.54) is 23.6 Å². The highest BCUT2D eigenvalue weighted by molar-refractivity contribution is 7.81. The van der Waals surface area contributed by atoms with Gasteiger partial charge in [0.15, 0.2) is 11.5 Å². The van der Waals surface area contributed by atoms with E-state index in [0.29, 0.717) is 23.5 Å². The Kier molecular flexibility index (Phi) is 5.80. The first-order valence-electron chi connectivity index (χ1n) is 10.2. The molecule has 0 amide bonds. The average molecular weight is 425 g/mol.